The minimum Gasteiger partial charge on any atom is -0.342 e. The zero-order valence-electron chi connectivity index (χ0n) is 17.0. The van der Waals surface area contributed by atoms with Crippen LogP contribution in [0.4, 0.5) is 0 Å². The molecule has 0 N–H and O–H groups in total. The number of piperidine rings is 1. The lowest BCUT2D eigenvalue weighted by Gasteiger charge is -2.38. The maximum atomic E-state index is 13.2. The molecule has 0 aromatic carbocycles. The third kappa shape index (κ3) is 4.21. The Kier molecular flexibility index (Phi) is 6.08. The molecule has 2 aliphatic rings. The van der Waals surface area contributed by atoms with E-state index in [0.29, 0.717) is 49.8 Å². The second-order valence-electron chi connectivity index (χ2n) is 7.73. The van der Waals surface area contributed by atoms with Gasteiger partial charge < -0.3 is 14.7 Å². The van der Waals surface area contributed by atoms with Crippen molar-refractivity contribution >= 4 is 29.6 Å². The van der Waals surface area contributed by atoms with Crippen LogP contribution in [0.1, 0.15) is 28.2 Å². The summed E-state index contributed by atoms with van der Waals surface area (Å²) in [6.45, 7) is 5.20. The molecule has 0 radical (unpaired) electrons. The van der Waals surface area contributed by atoms with Crippen molar-refractivity contribution in [3.8, 4) is 10.6 Å². The maximum Gasteiger partial charge on any atom is 0.265 e. The van der Waals surface area contributed by atoms with Crippen molar-refractivity contribution in [3.63, 3.8) is 0 Å². The van der Waals surface area contributed by atoms with E-state index in [0.717, 1.165) is 29.8 Å². The summed E-state index contributed by atoms with van der Waals surface area (Å²) in [6.07, 6.45) is 5.88. The van der Waals surface area contributed by atoms with E-state index in [9.17, 15) is 14.4 Å². The second kappa shape index (κ2) is 8.91. The average Bonchev–Trinajstić information content (AvgIpc) is 3.20. The first-order valence-corrected chi connectivity index (χ1v) is 11.0. The molecule has 0 spiro atoms. The molecule has 2 aromatic rings. The Morgan fingerprint density at radius 2 is 1.97 bits per heavy atom. The number of carbonyl (C=O) groups is 3. The van der Waals surface area contributed by atoms with Crippen LogP contribution in [-0.4, -0.2) is 82.2 Å². The minimum absolute atomic E-state index is 0.0524. The van der Waals surface area contributed by atoms with Gasteiger partial charge >= 0.3 is 0 Å². The quantitative estimate of drug-likeness (QED) is 0.693. The van der Waals surface area contributed by atoms with Crippen LogP contribution < -0.4 is 0 Å². The SMILES string of the molecule is Cc1nc(-c2cccnc2)sc1C(=O)N1CCCC(C(=O)N2CCN(C=O)CC2)C1. The molecule has 0 aliphatic carbocycles. The van der Waals surface area contributed by atoms with Crippen molar-refractivity contribution in [1.29, 1.82) is 0 Å². The minimum atomic E-state index is -0.184. The molecule has 2 saturated heterocycles. The van der Waals surface area contributed by atoms with Gasteiger partial charge in [0.05, 0.1) is 11.6 Å². The fourth-order valence-corrected chi connectivity index (χ4v) is 5.04. The highest BCUT2D eigenvalue weighted by atomic mass is 32.1. The Morgan fingerprint density at radius 1 is 1.17 bits per heavy atom. The molecule has 9 heteroatoms. The maximum absolute atomic E-state index is 13.2. The van der Waals surface area contributed by atoms with Crippen LogP contribution in [0.3, 0.4) is 0 Å². The molecule has 2 fully saturated rings. The Morgan fingerprint density at radius 3 is 2.67 bits per heavy atom. The highest BCUT2D eigenvalue weighted by Gasteiger charge is 2.33. The van der Waals surface area contributed by atoms with Crippen molar-refractivity contribution < 1.29 is 14.4 Å². The second-order valence-corrected chi connectivity index (χ2v) is 8.73. The summed E-state index contributed by atoms with van der Waals surface area (Å²) >= 11 is 1.38. The molecule has 3 amide bonds. The highest BCUT2D eigenvalue weighted by molar-refractivity contribution is 7.17. The van der Waals surface area contributed by atoms with Crippen LogP contribution in [0.25, 0.3) is 10.6 Å². The predicted molar refractivity (Wildman–Crippen MR) is 113 cm³/mol. The van der Waals surface area contributed by atoms with Crippen molar-refractivity contribution in [1.82, 2.24) is 24.7 Å². The molecule has 4 rings (SSSR count). The summed E-state index contributed by atoms with van der Waals surface area (Å²) in [4.78, 5) is 51.7. The van der Waals surface area contributed by atoms with E-state index < -0.39 is 0 Å². The number of carbonyl (C=O) groups excluding carboxylic acids is 3. The number of piperazine rings is 1. The standard InChI is InChI=1S/C21H25N5O3S/c1-15-18(30-19(23-15)16-4-2-6-22-12-16)21(29)26-7-3-5-17(13-26)20(28)25-10-8-24(14-27)9-11-25/h2,4,6,12,14,17H,3,5,7-11,13H2,1H3. The molecule has 30 heavy (non-hydrogen) atoms. The van der Waals surface area contributed by atoms with Gasteiger partial charge in [-0.1, -0.05) is 0 Å². The summed E-state index contributed by atoms with van der Waals surface area (Å²) < 4.78 is 0. The molecule has 0 saturated carbocycles. The van der Waals surface area contributed by atoms with E-state index >= 15 is 0 Å². The molecule has 2 aromatic heterocycles. The summed E-state index contributed by atoms with van der Waals surface area (Å²) in [5, 5.41) is 0.779. The van der Waals surface area contributed by atoms with Crippen LogP contribution in [0.5, 0.6) is 0 Å². The molecule has 2 aliphatic heterocycles. The Hall–Kier alpha value is -2.81. The molecule has 0 bridgehead atoms. The van der Waals surface area contributed by atoms with Gasteiger partial charge in [-0.05, 0) is 31.9 Å². The van der Waals surface area contributed by atoms with Gasteiger partial charge in [0.2, 0.25) is 12.3 Å². The third-order valence-corrected chi connectivity index (χ3v) is 6.93. The first-order valence-electron chi connectivity index (χ1n) is 10.2. The normalized spacial score (nSPS) is 19.6. The molecular formula is C21H25N5O3S. The first-order chi connectivity index (χ1) is 14.6. The van der Waals surface area contributed by atoms with Crippen molar-refractivity contribution in [2.45, 2.75) is 19.8 Å². The zero-order chi connectivity index (χ0) is 21.1. The summed E-state index contributed by atoms with van der Waals surface area (Å²) in [5.41, 5.74) is 1.60. The van der Waals surface area contributed by atoms with Crippen molar-refractivity contribution in [3.05, 3.63) is 35.1 Å². The number of aryl methyl sites for hydroxylation is 1. The van der Waals surface area contributed by atoms with E-state index in [1.54, 1.807) is 22.2 Å². The van der Waals surface area contributed by atoms with Gasteiger partial charge in [-0.25, -0.2) is 4.98 Å². The van der Waals surface area contributed by atoms with E-state index in [1.165, 1.54) is 11.3 Å². The number of likely N-dealkylation sites (tertiary alicyclic amines) is 1. The van der Waals surface area contributed by atoms with E-state index in [1.807, 2.05) is 24.0 Å². The summed E-state index contributed by atoms with van der Waals surface area (Å²) in [7, 11) is 0. The molecule has 1 atom stereocenters. The van der Waals surface area contributed by atoms with Gasteiger partial charge in [-0.15, -0.1) is 11.3 Å². The van der Waals surface area contributed by atoms with Crippen LogP contribution >= 0.6 is 11.3 Å². The van der Waals surface area contributed by atoms with Gasteiger partial charge in [-0.2, -0.15) is 0 Å². The van der Waals surface area contributed by atoms with Gasteiger partial charge in [0, 0.05) is 57.2 Å². The van der Waals surface area contributed by atoms with Crippen molar-refractivity contribution in [2.75, 3.05) is 39.3 Å². The largest absolute Gasteiger partial charge is 0.342 e. The number of pyridine rings is 1. The Balaban J connectivity index is 1.43. The lowest BCUT2D eigenvalue weighted by Crippen LogP contribution is -2.52. The lowest BCUT2D eigenvalue weighted by molar-refractivity contribution is -0.140. The number of amides is 3. The van der Waals surface area contributed by atoms with E-state index in [4.69, 9.17) is 0 Å². The van der Waals surface area contributed by atoms with E-state index in [2.05, 4.69) is 9.97 Å². The van der Waals surface area contributed by atoms with Gasteiger partial charge in [0.15, 0.2) is 0 Å². The van der Waals surface area contributed by atoms with Gasteiger partial charge in [0.25, 0.3) is 5.91 Å². The molecule has 8 nitrogen and oxygen atoms in total. The lowest BCUT2D eigenvalue weighted by atomic mass is 9.96. The fraction of sp³-hybridized carbons (Fsp3) is 0.476. The zero-order valence-corrected chi connectivity index (χ0v) is 17.8. The van der Waals surface area contributed by atoms with E-state index in [-0.39, 0.29) is 17.7 Å². The topological polar surface area (TPSA) is 86.7 Å². The van der Waals surface area contributed by atoms with Crippen molar-refractivity contribution in [2.24, 2.45) is 5.92 Å². The van der Waals surface area contributed by atoms with Crippen LogP contribution in [0, 0.1) is 12.8 Å². The number of hydrogen-bond acceptors (Lipinski definition) is 6. The smallest absolute Gasteiger partial charge is 0.265 e. The third-order valence-electron chi connectivity index (χ3n) is 5.73. The molecular weight excluding hydrogens is 402 g/mol. The fourth-order valence-electron chi connectivity index (χ4n) is 4.02. The number of aromatic nitrogens is 2. The number of thiazole rings is 1. The van der Waals surface area contributed by atoms with Gasteiger partial charge in [-0.3, -0.25) is 19.4 Å². The summed E-state index contributed by atoms with van der Waals surface area (Å²) in [6, 6.07) is 3.78. The molecule has 4 heterocycles. The molecule has 158 valence electrons. The first kappa shape index (κ1) is 20.5. The van der Waals surface area contributed by atoms with Crippen LogP contribution in [-0.2, 0) is 9.59 Å². The highest BCUT2D eigenvalue weighted by Crippen LogP contribution is 2.30. The van der Waals surface area contributed by atoms with Gasteiger partial charge in [0.1, 0.15) is 9.88 Å². The number of rotatable bonds is 4. The van der Waals surface area contributed by atoms with Crippen LogP contribution in [0.15, 0.2) is 24.5 Å². The number of nitrogens with zero attached hydrogens (tertiary/aromatic N) is 5. The average molecular weight is 428 g/mol. The number of hydrogen-bond donors (Lipinski definition) is 0. The summed E-state index contributed by atoms with van der Waals surface area (Å²) in [5.74, 6) is -0.143. The predicted octanol–water partition coefficient (Wildman–Crippen LogP) is 1.67. The Bertz CT molecular complexity index is 924. The van der Waals surface area contributed by atoms with Crippen LogP contribution in [0.2, 0.25) is 0 Å². The molecule has 1 unspecified atom stereocenters. The monoisotopic (exact) mass is 427 g/mol. The Labute approximate surface area is 179 Å².